The maximum Gasteiger partial charge on any atom is 0.326 e. The Labute approximate surface area is 112 Å². The first-order valence-electron chi connectivity index (χ1n) is 6.24. The van der Waals surface area contributed by atoms with Crippen LogP contribution in [0.1, 0.15) is 55.0 Å². The molecule has 0 radical (unpaired) electrons. The second-order valence-corrected chi connectivity index (χ2v) is 4.64. The summed E-state index contributed by atoms with van der Waals surface area (Å²) in [6, 6.07) is -0.895. The summed E-state index contributed by atoms with van der Waals surface area (Å²) in [6.45, 7) is 7.30. The number of aromatic nitrogens is 2. The van der Waals surface area contributed by atoms with Gasteiger partial charge in [0.1, 0.15) is 11.9 Å². The van der Waals surface area contributed by atoms with E-state index in [9.17, 15) is 9.59 Å². The molecule has 0 saturated carbocycles. The summed E-state index contributed by atoms with van der Waals surface area (Å²) in [7, 11) is 0. The quantitative estimate of drug-likeness (QED) is 0.841. The van der Waals surface area contributed by atoms with Crippen LogP contribution in [0.15, 0.2) is 6.20 Å². The summed E-state index contributed by atoms with van der Waals surface area (Å²) in [6.07, 6.45) is 1.77. The summed E-state index contributed by atoms with van der Waals surface area (Å²) in [4.78, 5) is 31.3. The summed E-state index contributed by atoms with van der Waals surface area (Å²) in [5.41, 5.74) is 0.963. The molecule has 0 saturated heterocycles. The number of carboxylic acids is 1. The molecule has 0 aromatic carbocycles. The van der Waals surface area contributed by atoms with Gasteiger partial charge in [0.2, 0.25) is 0 Å². The van der Waals surface area contributed by atoms with Crippen molar-refractivity contribution in [2.45, 2.75) is 46.1 Å². The van der Waals surface area contributed by atoms with Crippen LogP contribution in [0.25, 0.3) is 0 Å². The summed E-state index contributed by atoms with van der Waals surface area (Å²) >= 11 is 0. The van der Waals surface area contributed by atoms with Crippen LogP contribution in [0, 0.1) is 6.92 Å². The molecule has 0 aliphatic rings. The predicted octanol–water partition coefficient (Wildman–Crippen LogP) is 1.50. The standard InChI is InChI=1S/C13H19N3O3/c1-5-10(13(18)19)16-12(17)9-6-14-8(4)15-11(9)7(2)3/h6-7,10H,5H2,1-4H3,(H,16,17)(H,18,19)/t10-/m0/s1. The van der Waals surface area contributed by atoms with Gasteiger partial charge in [0, 0.05) is 6.20 Å². The highest BCUT2D eigenvalue weighted by atomic mass is 16.4. The number of carbonyl (C=O) groups excluding carboxylic acids is 1. The molecule has 0 unspecified atom stereocenters. The van der Waals surface area contributed by atoms with Crippen molar-refractivity contribution in [2.24, 2.45) is 0 Å². The molecule has 19 heavy (non-hydrogen) atoms. The van der Waals surface area contributed by atoms with Crippen molar-refractivity contribution in [2.75, 3.05) is 0 Å². The minimum absolute atomic E-state index is 0.0624. The maximum atomic E-state index is 12.1. The highest BCUT2D eigenvalue weighted by Crippen LogP contribution is 2.16. The third-order valence-corrected chi connectivity index (χ3v) is 2.74. The minimum atomic E-state index is -1.05. The number of amides is 1. The van der Waals surface area contributed by atoms with Crippen LogP contribution in [0.4, 0.5) is 0 Å². The first-order valence-corrected chi connectivity index (χ1v) is 6.24. The van der Waals surface area contributed by atoms with E-state index in [2.05, 4.69) is 15.3 Å². The first kappa shape index (κ1) is 15.1. The Balaban J connectivity index is 3.02. The first-order chi connectivity index (χ1) is 8.86. The predicted molar refractivity (Wildman–Crippen MR) is 70.0 cm³/mol. The van der Waals surface area contributed by atoms with Gasteiger partial charge < -0.3 is 10.4 Å². The zero-order chi connectivity index (χ0) is 14.6. The van der Waals surface area contributed by atoms with Crippen molar-refractivity contribution in [1.82, 2.24) is 15.3 Å². The summed E-state index contributed by atoms with van der Waals surface area (Å²) < 4.78 is 0. The Morgan fingerprint density at radius 3 is 2.53 bits per heavy atom. The minimum Gasteiger partial charge on any atom is -0.480 e. The van der Waals surface area contributed by atoms with Crippen LogP contribution in [0.3, 0.4) is 0 Å². The Kier molecular flexibility index (Phi) is 4.97. The molecule has 0 aliphatic heterocycles. The van der Waals surface area contributed by atoms with E-state index in [-0.39, 0.29) is 5.92 Å². The van der Waals surface area contributed by atoms with Crippen LogP contribution in [-0.2, 0) is 4.79 Å². The van der Waals surface area contributed by atoms with Crippen LogP contribution in [-0.4, -0.2) is 33.0 Å². The molecule has 0 spiro atoms. The van der Waals surface area contributed by atoms with Crippen molar-refractivity contribution in [3.05, 3.63) is 23.3 Å². The van der Waals surface area contributed by atoms with Gasteiger partial charge in [-0.25, -0.2) is 14.8 Å². The number of hydrogen-bond acceptors (Lipinski definition) is 4. The summed E-state index contributed by atoms with van der Waals surface area (Å²) in [5.74, 6) is -0.842. The number of nitrogens with one attached hydrogen (secondary N) is 1. The molecule has 2 N–H and O–H groups in total. The smallest absolute Gasteiger partial charge is 0.326 e. The van der Waals surface area contributed by atoms with Gasteiger partial charge in [0.05, 0.1) is 11.3 Å². The van der Waals surface area contributed by atoms with E-state index >= 15 is 0 Å². The second kappa shape index (κ2) is 6.26. The van der Waals surface area contributed by atoms with Crippen molar-refractivity contribution in [3.8, 4) is 0 Å². The van der Waals surface area contributed by atoms with E-state index in [1.807, 2.05) is 13.8 Å². The molecule has 1 heterocycles. The fourth-order valence-corrected chi connectivity index (χ4v) is 1.68. The second-order valence-electron chi connectivity index (χ2n) is 4.64. The van der Waals surface area contributed by atoms with Crippen LogP contribution >= 0.6 is 0 Å². The zero-order valence-electron chi connectivity index (χ0n) is 11.6. The fraction of sp³-hybridized carbons (Fsp3) is 0.538. The molecular formula is C13H19N3O3. The maximum absolute atomic E-state index is 12.1. The van der Waals surface area contributed by atoms with E-state index in [1.54, 1.807) is 13.8 Å². The molecule has 1 aromatic heterocycles. The Hall–Kier alpha value is -1.98. The Morgan fingerprint density at radius 1 is 1.42 bits per heavy atom. The molecule has 6 nitrogen and oxygen atoms in total. The van der Waals surface area contributed by atoms with E-state index in [4.69, 9.17) is 5.11 Å². The number of aryl methyl sites for hydroxylation is 1. The van der Waals surface area contributed by atoms with Gasteiger partial charge in [0.25, 0.3) is 5.91 Å². The Morgan fingerprint density at radius 2 is 2.05 bits per heavy atom. The van der Waals surface area contributed by atoms with E-state index < -0.39 is 17.9 Å². The molecule has 0 fully saturated rings. The van der Waals surface area contributed by atoms with Gasteiger partial charge in [-0.3, -0.25) is 4.79 Å². The van der Waals surface area contributed by atoms with Gasteiger partial charge in [-0.05, 0) is 19.3 Å². The average Bonchev–Trinajstić information content (AvgIpc) is 2.34. The topological polar surface area (TPSA) is 92.2 Å². The summed E-state index contributed by atoms with van der Waals surface area (Å²) in [5, 5.41) is 11.4. The number of hydrogen-bond donors (Lipinski definition) is 2. The number of aliphatic carboxylic acids is 1. The van der Waals surface area contributed by atoms with Gasteiger partial charge >= 0.3 is 5.97 Å². The molecule has 0 aliphatic carbocycles. The van der Waals surface area contributed by atoms with E-state index in [0.717, 1.165) is 0 Å². The molecule has 6 heteroatoms. The SMILES string of the molecule is CC[C@H](NC(=O)c1cnc(C)nc1C(C)C)C(=O)O. The van der Waals surface area contributed by atoms with Crippen molar-refractivity contribution in [3.63, 3.8) is 0 Å². The van der Waals surface area contributed by atoms with E-state index in [1.165, 1.54) is 6.20 Å². The molecule has 1 aromatic rings. The lowest BCUT2D eigenvalue weighted by molar-refractivity contribution is -0.139. The zero-order valence-corrected chi connectivity index (χ0v) is 11.6. The van der Waals surface area contributed by atoms with Gasteiger partial charge in [-0.2, -0.15) is 0 Å². The third kappa shape index (κ3) is 3.74. The number of carboxylic acid groups (broad SMARTS) is 1. The number of rotatable bonds is 5. The van der Waals surface area contributed by atoms with Crippen LogP contribution < -0.4 is 5.32 Å². The largest absolute Gasteiger partial charge is 0.480 e. The van der Waals surface area contributed by atoms with Crippen LogP contribution in [0.2, 0.25) is 0 Å². The molecular weight excluding hydrogens is 246 g/mol. The monoisotopic (exact) mass is 265 g/mol. The fourth-order valence-electron chi connectivity index (χ4n) is 1.68. The van der Waals surface area contributed by atoms with E-state index in [0.29, 0.717) is 23.5 Å². The van der Waals surface area contributed by atoms with Crippen molar-refractivity contribution in [1.29, 1.82) is 0 Å². The highest BCUT2D eigenvalue weighted by molar-refractivity contribution is 5.97. The third-order valence-electron chi connectivity index (χ3n) is 2.74. The number of nitrogens with zero attached hydrogens (tertiary/aromatic N) is 2. The average molecular weight is 265 g/mol. The molecule has 104 valence electrons. The molecule has 1 rings (SSSR count). The molecule has 1 atom stereocenters. The van der Waals surface area contributed by atoms with Gasteiger partial charge in [-0.15, -0.1) is 0 Å². The van der Waals surface area contributed by atoms with Gasteiger partial charge in [-0.1, -0.05) is 20.8 Å². The van der Waals surface area contributed by atoms with Crippen LogP contribution in [0.5, 0.6) is 0 Å². The molecule has 0 bridgehead atoms. The normalized spacial score (nSPS) is 12.3. The lowest BCUT2D eigenvalue weighted by Crippen LogP contribution is -2.40. The van der Waals surface area contributed by atoms with Crippen molar-refractivity contribution >= 4 is 11.9 Å². The van der Waals surface area contributed by atoms with Gasteiger partial charge in [0.15, 0.2) is 0 Å². The lowest BCUT2D eigenvalue weighted by Gasteiger charge is -2.15. The lowest BCUT2D eigenvalue weighted by atomic mass is 10.0. The van der Waals surface area contributed by atoms with Crippen molar-refractivity contribution < 1.29 is 14.7 Å². The molecule has 1 amide bonds. The Bertz CT molecular complexity index is 486. The number of carbonyl (C=O) groups is 2. The highest BCUT2D eigenvalue weighted by Gasteiger charge is 2.22.